The Kier molecular flexibility index (Phi) is 10.8. The van der Waals surface area contributed by atoms with E-state index in [9.17, 15) is 13.0 Å². The van der Waals surface area contributed by atoms with E-state index in [2.05, 4.69) is 0 Å². The van der Waals surface area contributed by atoms with Gasteiger partial charge in [0.05, 0.1) is 10.1 Å². The fraction of sp³-hybridized carbons (Fsp3) is 1.00. The van der Waals surface area contributed by atoms with Crippen molar-refractivity contribution in [2.45, 2.75) is 27.2 Å². The molecule has 0 fully saturated rings. The zero-order chi connectivity index (χ0) is 10.0. The van der Waals surface area contributed by atoms with E-state index in [1.54, 1.807) is 6.92 Å². The molecular formula is C7H17O4S-. The molecule has 4 nitrogen and oxygen atoms in total. The van der Waals surface area contributed by atoms with E-state index in [-0.39, 0.29) is 5.75 Å². The molecule has 0 radical (unpaired) electrons. The fourth-order valence-electron chi connectivity index (χ4n) is 0.454. The quantitative estimate of drug-likeness (QED) is 0.630. The summed E-state index contributed by atoms with van der Waals surface area (Å²) in [5.74, 6) is -0.243. The van der Waals surface area contributed by atoms with Gasteiger partial charge < -0.3 is 9.29 Å². The topological polar surface area (TPSA) is 66.4 Å². The van der Waals surface area contributed by atoms with Crippen LogP contribution in [0.4, 0.5) is 0 Å². The molecule has 0 atom stereocenters. The second kappa shape index (κ2) is 8.96. The van der Waals surface area contributed by atoms with Crippen molar-refractivity contribution >= 4 is 10.1 Å². The molecule has 0 aliphatic heterocycles. The minimum atomic E-state index is -3.92. The van der Waals surface area contributed by atoms with Crippen LogP contribution in [0.2, 0.25) is 0 Å². The molecular weight excluding hydrogens is 180 g/mol. The van der Waals surface area contributed by atoms with E-state index in [1.807, 2.05) is 13.8 Å². The maximum atomic E-state index is 9.68. The molecule has 0 spiro atoms. The van der Waals surface area contributed by atoms with Crippen molar-refractivity contribution in [3.05, 3.63) is 0 Å². The lowest BCUT2D eigenvalue weighted by atomic mass is 10.6. The van der Waals surface area contributed by atoms with Crippen LogP contribution in [0.25, 0.3) is 0 Å². The summed E-state index contributed by atoms with van der Waals surface area (Å²) in [6.45, 7) is 7.31. The first kappa shape index (κ1) is 14.4. The van der Waals surface area contributed by atoms with Gasteiger partial charge in [0.1, 0.15) is 0 Å². The van der Waals surface area contributed by atoms with Gasteiger partial charge in [-0.15, -0.1) is 0 Å². The average Bonchev–Trinajstić information content (AvgIpc) is 1.87. The highest BCUT2D eigenvalue weighted by Crippen LogP contribution is 1.83. The summed E-state index contributed by atoms with van der Waals surface area (Å²) in [5, 5.41) is 0. The molecule has 12 heavy (non-hydrogen) atoms. The van der Waals surface area contributed by atoms with Crippen molar-refractivity contribution in [1.29, 1.82) is 0 Å². The molecule has 0 aromatic rings. The van der Waals surface area contributed by atoms with Crippen LogP contribution in [-0.4, -0.2) is 31.9 Å². The molecule has 0 heterocycles. The maximum Gasteiger partial charge on any atom is 0.0945 e. The molecule has 0 aromatic carbocycles. The lowest BCUT2D eigenvalue weighted by molar-refractivity contribution is 0.162. The average molecular weight is 197 g/mol. The van der Waals surface area contributed by atoms with Crippen molar-refractivity contribution in [2.24, 2.45) is 0 Å². The van der Waals surface area contributed by atoms with Gasteiger partial charge in [-0.05, 0) is 20.3 Å². The largest absolute Gasteiger partial charge is 0.748 e. The minimum Gasteiger partial charge on any atom is -0.748 e. The van der Waals surface area contributed by atoms with Gasteiger partial charge in [0.25, 0.3) is 0 Å². The van der Waals surface area contributed by atoms with Gasteiger partial charge in [-0.2, -0.15) is 0 Å². The third kappa shape index (κ3) is 22.5. The van der Waals surface area contributed by atoms with Crippen LogP contribution >= 0.6 is 0 Å². The third-order valence-corrected chi connectivity index (χ3v) is 1.77. The first-order chi connectivity index (χ1) is 5.47. The number of hydrogen-bond donors (Lipinski definition) is 0. The molecule has 76 valence electrons. The Bertz CT molecular complexity index is 160. The lowest BCUT2D eigenvalue weighted by Gasteiger charge is -2.00. The Morgan fingerprint density at radius 1 is 1.17 bits per heavy atom. The molecule has 0 amide bonds. The molecule has 0 unspecified atom stereocenters. The Morgan fingerprint density at radius 3 is 1.58 bits per heavy atom. The summed E-state index contributed by atoms with van der Waals surface area (Å²) < 4.78 is 33.9. The van der Waals surface area contributed by atoms with Gasteiger partial charge in [0, 0.05) is 19.0 Å². The van der Waals surface area contributed by atoms with Crippen LogP contribution in [-0.2, 0) is 14.9 Å². The lowest BCUT2D eigenvalue weighted by Crippen LogP contribution is -2.01. The first-order valence-electron chi connectivity index (χ1n) is 3.99. The Hall–Kier alpha value is -0.130. The predicted molar refractivity (Wildman–Crippen MR) is 47.0 cm³/mol. The smallest absolute Gasteiger partial charge is 0.0945 e. The number of rotatable bonds is 4. The van der Waals surface area contributed by atoms with E-state index in [0.717, 1.165) is 13.2 Å². The molecule has 0 aromatic heterocycles. The summed E-state index contributed by atoms with van der Waals surface area (Å²) in [7, 11) is -3.92. The predicted octanol–water partition coefficient (Wildman–Crippen LogP) is 0.984. The normalized spacial score (nSPS) is 10.3. The summed E-state index contributed by atoms with van der Waals surface area (Å²) in [4.78, 5) is 0. The molecule has 0 bridgehead atoms. The van der Waals surface area contributed by atoms with Crippen molar-refractivity contribution in [2.75, 3.05) is 19.0 Å². The molecule has 5 heteroatoms. The maximum absolute atomic E-state index is 9.68. The standard InChI is InChI=1S/C4H10O.C3H8O3S/c1-3-5-4-2;1-2-3-7(4,5)6/h3-4H2,1-2H3;2-3H2,1H3,(H,4,5,6)/p-1. The highest BCUT2D eigenvalue weighted by Gasteiger charge is 1.86. The van der Waals surface area contributed by atoms with E-state index in [0.29, 0.717) is 6.42 Å². The summed E-state index contributed by atoms with van der Waals surface area (Å²) in [5.41, 5.74) is 0. The molecule has 0 N–H and O–H groups in total. The highest BCUT2D eigenvalue weighted by atomic mass is 32.2. The zero-order valence-electron chi connectivity index (χ0n) is 7.87. The Balaban J connectivity index is 0. The second-order valence-electron chi connectivity index (χ2n) is 2.04. The Labute approximate surface area is 74.7 Å². The van der Waals surface area contributed by atoms with Crippen molar-refractivity contribution in [1.82, 2.24) is 0 Å². The number of hydrogen-bond acceptors (Lipinski definition) is 4. The third-order valence-electron chi connectivity index (χ3n) is 0.862. The van der Waals surface area contributed by atoms with E-state index in [4.69, 9.17) is 4.74 Å². The summed E-state index contributed by atoms with van der Waals surface area (Å²) in [6, 6.07) is 0. The van der Waals surface area contributed by atoms with Gasteiger partial charge in [0.2, 0.25) is 0 Å². The van der Waals surface area contributed by atoms with Crippen LogP contribution in [0.5, 0.6) is 0 Å². The first-order valence-corrected chi connectivity index (χ1v) is 5.56. The summed E-state index contributed by atoms with van der Waals surface area (Å²) in [6.07, 6.45) is 0.409. The fourth-order valence-corrected chi connectivity index (χ4v) is 0.954. The van der Waals surface area contributed by atoms with Crippen LogP contribution in [0.1, 0.15) is 27.2 Å². The second-order valence-corrected chi connectivity index (χ2v) is 3.57. The van der Waals surface area contributed by atoms with Crippen LogP contribution in [0.15, 0.2) is 0 Å². The van der Waals surface area contributed by atoms with E-state index >= 15 is 0 Å². The van der Waals surface area contributed by atoms with Gasteiger partial charge >= 0.3 is 0 Å². The van der Waals surface area contributed by atoms with Gasteiger partial charge in [-0.25, -0.2) is 8.42 Å². The SMILES string of the molecule is CCCS(=O)(=O)[O-].CCOCC. The highest BCUT2D eigenvalue weighted by molar-refractivity contribution is 7.85. The summed E-state index contributed by atoms with van der Waals surface area (Å²) >= 11 is 0. The van der Waals surface area contributed by atoms with E-state index in [1.165, 1.54) is 0 Å². The minimum absolute atomic E-state index is 0.243. The molecule has 0 saturated heterocycles. The van der Waals surface area contributed by atoms with Crippen LogP contribution in [0.3, 0.4) is 0 Å². The van der Waals surface area contributed by atoms with Crippen LogP contribution < -0.4 is 0 Å². The van der Waals surface area contributed by atoms with Crippen molar-refractivity contribution in [3.8, 4) is 0 Å². The van der Waals surface area contributed by atoms with Gasteiger partial charge in [0.15, 0.2) is 0 Å². The Morgan fingerprint density at radius 2 is 1.58 bits per heavy atom. The number of ether oxygens (including phenoxy) is 1. The van der Waals surface area contributed by atoms with Crippen molar-refractivity contribution in [3.63, 3.8) is 0 Å². The molecule has 0 rings (SSSR count). The van der Waals surface area contributed by atoms with E-state index < -0.39 is 10.1 Å². The zero-order valence-corrected chi connectivity index (χ0v) is 8.69. The monoisotopic (exact) mass is 197 g/mol. The van der Waals surface area contributed by atoms with Crippen LogP contribution in [0, 0.1) is 0 Å². The van der Waals surface area contributed by atoms with Gasteiger partial charge in [-0.1, -0.05) is 6.92 Å². The van der Waals surface area contributed by atoms with Gasteiger partial charge in [-0.3, -0.25) is 0 Å². The molecule has 0 saturated carbocycles. The van der Waals surface area contributed by atoms with Crippen molar-refractivity contribution < 1.29 is 17.7 Å². The molecule has 0 aliphatic rings. The molecule has 0 aliphatic carbocycles.